The minimum absolute atomic E-state index is 0.0851. The summed E-state index contributed by atoms with van der Waals surface area (Å²) in [5, 5.41) is 12.1. The Morgan fingerprint density at radius 2 is 2.10 bits per heavy atom. The highest BCUT2D eigenvalue weighted by Crippen LogP contribution is 2.38. The first-order valence-corrected chi connectivity index (χ1v) is 9.89. The van der Waals surface area contributed by atoms with Crippen molar-refractivity contribution in [1.29, 1.82) is 5.26 Å². The number of benzene rings is 2. The molecule has 29 heavy (non-hydrogen) atoms. The molecule has 6 nitrogen and oxygen atoms in total. The van der Waals surface area contributed by atoms with Crippen LogP contribution in [0.25, 0.3) is 0 Å². The van der Waals surface area contributed by atoms with Crippen LogP contribution in [0.1, 0.15) is 36.4 Å². The molecule has 1 N–H and O–H groups in total. The molecule has 1 saturated heterocycles. The molecular weight excluding hydrogens is 390 g/mol. The van der Waals surface area contributed by atoms with Gasteiger partial charge in [0.15, 0.2) is 0 Å². The molecule has 0 spiro atoms. The van der Waals surface area contributed by atoms with Crippen LogP contribution in [0.2, 0.25) is 5.02 Å². The van der Waals surface area contributed by atoms with E-state index in [1.54, 1.807) is 32.4 Å². The smallest absolute Gasteiger partial charge is 0.225 e. The van der Waals surface area contributed by atoms with Crippen LogP contribution in [0.3, 0.4) is 0 Å². The molecule has 0 aromatic heterocycles. The second kappa shape index (κ2) is 9.64. The lowest BCUT2D eigenvalue weighted by Crippen LogP contribution is -2.28. The molecule has 3 rings (SSSR count). The number of amides is 1. The Labute approximate surface area is 176 Å². The van der Waals surface area contributed by atoms with E-state index in [0.29, 0.717) is 29.2 Å². The average Bonchev–Trinajstić information content (AvgIpc) is 3.20. The highest BCUT2D eigenvalue weighted by Gasteiger charge is 2.28. The van der Waals surface area contributed by atoms with Gasteiger partial charge in [-0.05, 0) is 43.7 Å². The lowest BCUT2D eigenvalue weighted by Gasteiger charge is -2.26. The molecule has 0 radical (unpaired) electrons. The van der Waals surface area contributed by atoms with Crippen LogP contribution < -0.4 is 14.8 Å². The second-order valence-electron chi connectivity index (χ2n) is 6.91. The minimum Gasteiger partial charge on any atom is -0.497 e. The molecule has 0 bridgehead atoms. The molecule has 0 saturated carbocycles. The number of nitrogens with zero attached hydrogens (tertiary/aromatic N) is 2. The van der Waals surface area contributed by atoms with Gasteiger partial charge in [0.05, 0.1) is 24.8 Å². The van der Waals surface area contributed by atoms with E-state index in [1.165, 1.54) is 0 Å². The van der Waals surface area contributed by atoms with Gasteiger partial charge in [-0.2, -0.15) is 5.26 Å². The van der Waals surface area contributed by atoms with Crippen molar-refractivity contribution < 1.29 is 14.3 Å². The Balaban J connectivity index is 1.62. The summed E-state index contributed by atoms with van der Waals surface area (Å²) in [5.74, 6) is 1.48. The van der Waals surface area contributed by atoms with Crippen molar-refractivity contribution in [3.8, 4) is 17.6 Å². The Bertz CT molecular complexity index is 926. The maximum absolute atomic E-state index is 12.4. The van der Waals surface area contributed by atoms with Crippen LogP contribution in [0.15, 0.2) is 36.4 Å². The van der Waals surface area contributed by atoms with Crippen molar-refractivity contribution in [3.05, 3.63) is 52.5 Å². The molecule has 0 aliphatic carbocycles. The van der Waals surface area contributed by atoms with Gasteiger partial charge < -0.3 is 14.8 Å². The quantitative estimate of drug-likeness (QED) is 0.728. The van der Waals surface area contributed by atoms with Gasteiger partial charge in [0.1, 0.15) is 17.6 Å². The summed E-state index contributed by atoms with van der Waals surface area (Å²) in [6.07, 6.45) is 2.47. The summed E-state index contributed by atoms with van der Waals surface area (Å²) in [6, 6.07) is 13.0. The molecule has 2 aromatic carbocycles. The number of nitriles is 1. The van der Waals surface area contributed by atoms with Crippen LogP contribution in [0.5, 0.6) is 11.5 Å². The van der Waals surface area contributed by atoms with E-state index >= 15 is 0 Å². The fraction of sp³-hybridized carbons (Fsp3) is 0.364. The van der Waals surface area contributed by atoms with Gasteiger partial charge in [-0.25, -0.2) is 0 Å². The fourth-order valence-electron chi connectivity index (χ4n) is 3.69. The normalized spacial score (nSPS) is 16.3. The number of likely N-dealkylation sites (tertiary alicyclic amines) is 1. The van der Waals surface area contributed by atoms with Gasteiger partial charge >= 0.3 is 0 Å². The van der Waals surface area contributed by atoms with Crippen molar-refractivity contribution in [3.63, 3.8) is 0 Å². The number of halogens is 1. The monoisotopic (exact) mass is 413 g/mol. The van der Waals surface area contributed by atoms with E-state index in [2.05, 4.69) is 10.2 Å². The number of methoxy groups -OCH3 is 2. The molecule has 1 aliphatic rings. The van der Waals surface area contributed by atoms with Gasteiger partial charge in [0.25, 0.3) is 0 Å². The van der Waals surface area contributed by atoms with Gasteiger partial charge in [-0.15, -0.1) is 0 Å². The van der Waals surface area contributed by atoms with E-state index < -0.39 is 0 Å². The maximum atomic E-state index is 12.4. The van der Waals surface area contributed by atoms with Crippen LogP contribution in [0, 0.1) is 11.3 Å². The number of carbonyl (C=O) groups excluding carboxylic acids is 1. The summed E-state index contributed by atoms with van der Waals surface area (Å²) in [4.78, 5) is 14.7. The van der Waals surface area contributed by atoms with Gasteiger partial charge in [0, 0.05) is 36.3 Å². The van der Waals surface area contributed by atoms with Crippen LogP contribution in [-0.2, 0) is 4.79 Å². The lowest BCUT2D eigenvalue weighted by atomic mass is 10.0. The van der Waals surface area contributed by atoms with Gasteiger partial charge in [-0.3, -0.25) is 9.69 Å². The molecule has 152 valence electrons. The van der Waals surface area contributed by atoms with Crippen LogP contribution in [-0.4, -0.2) is 38.1 Å². The molecule has 1 aliphatic heterocycles. The number of hydrogen-bond donors (Lipinski definition) is 1. The van der Waals surface area contributed by atoms with Crippen molar-refractivity contribution in [1.82, 2.24) is 4.90 Å². The molecule has 7 heteroatoms. The van der Waals surface area contributed by atoms with Crippen molar-refractivity contribution in [2.24, 2.45) is 0 Å². The molecular formula is C22H24ClN3O3. The Morgan fingerprint density at radius 3 is 2.79 bits per heavy atom. The molecule has 1 heterocycles. The third-order valence-corrected chi connectivity index (χ3v) is 5.48. The van der Waals surface area contributed by atoms with E-state index in [4.69, 9.17) is 26.3 Å². The number of hydrogen-bond acceptors (Lipinski definition) is 5. The lowest BCUT2D eigenvalue weighted by molar-refractivity contribution is -0.116. The van der Waals surface area contributed by atoms with E-state index in [-0.39, 0.29) is 11.9 Å². The summed E-state index contributed by atoms with van der Waals surface area (Å²) < 4.78 is 10.8. The zero-order chi connectivity index (χ0) is 20.8. The Kier molecular flexibility index (Phi) is 6.97. The van der Waals surface area contributed by atoms with E-state index in [1.807, 2.05) is 24.3 Å². The van der Waals surface area contributed by atoms with Crippen molar-refractivity contribution in [2.45, 2.75) is 25.3 Å². The molecule has 1 atom stereocenters. The van der Waals surface area contributed by atoms with Crippen molar-refractivity contribution in [2.75, 3.05) is 32.6 Å². The third kappa shape index (κ3) is 5.00. The zero-order valence-corrected chi connectivity index (χ0v) is 17.3. The van der Waals surface area contributed by atoms with Gasteiger partial charge in [-0.1, -0.05) is 17.7 Å². The zero-order valence-electron chi connectivity index (χ0n) is 16.6. The number of nitrogens with one attached hydrogen (secondary N) is 1. The van der Waals surface area contributed by atoms with Crippen LogP contribution >= 0.6 is 11.6 Å². The Morgan fingerprint density at radius 1 is 1.28 bits per heavy atom. The topological polar surface area (TPSA) is 74.6 Å². The second-order valence-corrected chi connectivity index (χ2v) is 7.31. The number of rotatable bonds is 7. The summed E-state index contributed by atoms with van der Waals surface area (Å²) >= 11 is 6.03. The predicted molar refractivity (Wildman–Crippen MR) is 113 cm³/mol. The molecule has 1 unspecified atom stereocenters. The maximum Gasteiger partial charge on any atom is 0.225 e. The Hall–Kier alpha value is -2.75. The fourth-order valence-corrected chi connectivity index (χ4v) is 3.91. The first-order valence-electron chi connectivity index (χ1n) is 9.51. The molecule has 1 amide bonds. The van der Waals surface area contributed by atoms with Crippen molar-refractivity contribution >= 4 is 23.2 Å². The summed E-state index contributed by atoms with van der Waals surface area (Å²) in [6.45, 7) is 1.59. The first kappa shape index (κ1) is 21.0. The number of anilines is 1. The summed E-state index contributed by atoms with van der Waals surface area (Å²) in [5.41, 5.74) is 2.09. The standard InChI is InChI=1S/C22H24ClN3O3/c1-28-17-7-8-18(21(13-17)29-2)20-4-3-10-26(20)11-9-22(27)25-16-6-5-15(14-24)19(23)12-16/h5-8,12-13,20H,3-4,9-11H2,1-2H3,(H,25,27). The number of carbonyl (C=O) groups is 1. The highest BCUT2D eigenvalue weighted by molar-refractivity contribution is 6.32. The number of ether oxygens (including phenoxy) is 2. The van der Waals surface area contributed by atoms with Gasteiger partial charge in [0.2, 0.25) is 5.91 Å². The third-order valence-electron chi connectivity index (χ3n) is 5.16. The molecule has 2 aromatic rings. The highest BCUT2D eigenvalue weighted by atomic mass is 35.5. The summed E-state index contributed by atoms with van der Waals surface area (Å²) in [7, 11) is 3.30. The van der Waals surface area contributed by atoms with Crippen LogP contribution in [0.4, 0.5) is 5.69 Å². The SMILES string of the molecule is COc1ccc(C2CCCN2CCC(=O)Nc2ccc(C#N)c(Cl)c2)c(OC)c1. The molecule has 1 fully saturated rings. The minimum atomic E-state index is -0.0851. The van der Waals surface area contributed by atoms with E-state index in [0.717, 1.165) is 36.4 Å². The largest absolute Gasteiger partial charge is 0.497 e. The average molecular weight is 414 g/mol. The van der Waals surface area contributed by atoms with E-state index in [9.17, 15) is 4.79 Å². The first-order chi connectivity index (χ1) is 14.0. The predicted octanol–water partition coefficient (Wildman–Crippen LogP) is 4.39.